The molecule has 1 aliphatic rings. The van der Waals surface area contributed by atoms with Gasteiger partial charge in [0.05, 0.1) is 18.7 Å². The van der Waals surface area contributed by atoms with Gasteiger partial charge in [0.1, 0.15) is 11.5 Å². The van der Waals surface area contributed by atoms with E-state index in [1.165, 1.54) is 7.11 Å². The third-order valence-electron chi connectivity index (χ3n) is 2.46. The first kappa shape index (κ1) is 11.3. The first-order valence-electron chi connectivity index (χ1n) is 4.76. The van der Waals surface area contributed by atoms with Gasteiger partial charge in [-0.25, -0.2) is 4.79 Å². The van der Waals surface area contributed by atoms with Crippen LogP contribution in [0.1, 0.15) is 5.56 Å². The summed E-state index contributed by atoms with van der Waals surface area (Å²) in [4.78, 5) is 11.4. The van der Waals surface area contributed by atoms with Crippen molar-refractivity contribution in [1.82, 2.24) is 0 Å². The Hall–Kier alpha value is -1.23. The predicted molar refractivity (Wildman–Crippen MR) is 60.8 cm³/mol. The molecule has 2 rings (SSSR count). The summed E-state index contributed by atoms with van der Waals surface area (Å²) in [7, 11) is 2.95. The number of rotatable bonds is 2. The Labute approximate surface area is 102 Å². The van der Waals surface area contributed by atoms with Crippen LogP contribution in [-0.2, 0) is 16.0 Å². The molecule has 0 amide bonds. The molecule has 16 heavy (non-hydrogen) atoms. The number of esters is 1. The van der Waals surface area contributed by atoms with Crippen LogP contribution in [0.4, 0.5) is 0 Å². The van der Waals surface area contributed by atoms with Crippen molar-refractivity contribution in [1.29, 1.82) is 0 Å². The quantitative estimate of drug-likeness (QED) is 0.780. The van der Waals surface area contributed by atoms with Gasteiger partial charge in [0, 0.05) is 12.0 Å². The van der Waals surface area contributed by atoms with Crippen LogP contribution in [0.25, 0.3) is 0 Å². The van der Waals surface area contributed by atoms with Gasteiger partial charge in [-0.1, -0.05) is 0 Å². The lowest BCUT2D eigenvalue weighted by Gasteiger charge is -2.08. The summed E-state index contributed by atoms with van der Waals surface area (Å²) in [5.41, 5.74) is 0.946. The second-order valence-electron chi connectivity index (χ2n) is 3.43. The number of carbonyl (C=O) groups is 1. The van der Waals surface area contributed by atoms with E-state index >= 15 is 0 Å². The zero-order chi connectivity index (χ0) is 11.7. The van der Waals surface area contributed by atoms with Crippen molar-refractivity contribution in [2.75, 3.05) is 14.2 Å². The van der Waals surface area contributed by atoms with E-state index in [1.54, 1.807) is 13.2 Å². The second kappa shape index (κ2) is 4.33. The second-order valence-corrected chi connectivity index (χ2v) is 4.29. The van der Waals surface area contributed by atoms with Gasteiger partial charge in [-0.15, -0.1) is 0 Å². The van der Waals surface area contributed by atoms with Crippen molar-refractivity contribution in [3.05, 3.63) is 22.2 Å². The molecule has 1 heterocycles. The Morgan fingerprint density at radius 3 is 2.88 bits per heavy atom. The number of fused-ring (bicyclic) bond motifs is 1. The number of hydrogen-bond acceptors (Lipinski definition) is 4. The fraction of sp³-hybridized carbons (Fsp3) is 0.364. The van der Waals surface area contributed by atoms with Gasteiger partial charge >= 0.3 is 5.97 Å². The standard InChI is InChI=1S/C11H11BrO4/c1-14-7-3-6-4-9(11(13)15-2)16-10(6)8(12)5-7/h3,5,9H,4H2,1-2H3. The molecule has 1 aromatic carbocycles. The molecule has 0 radical (unpaired) electrons. The van der Waals surface area contributed by atoms with E-state index in [2.05, 4.69) is 20.7 Å². The SMILES string of the molecule is COC(=O)C1Cc2cc(OC)cc(Br)c2O1. The minimum atomic E-state index is -0.552. The largest absolute Gasteiger partial charge is 0.497 e. The fourth-order valence-electron chi connectivity index (χ4n) is 1.67. The molecule has 4 nitrogen and oxygen atoms in total. The number of carbonyl (C=O) groups excluding carboxylic acids is 1. The molecule has 0 N–H and O–H groups in total. The van der Waals surface area contributed by atoms with E-state index in [9.17, 15) is 4.79 Å². The summed E-state index contributed by atoms with van der Waals surface area (Å²) in [6, 6.07) is 3.67. The molecule has 1 aromatic rings. The van der Waals surface area contributed by atoms with Crippen LogP contribution >= 0.6 is 15.9 Å². The minimum Gasteiger partial charge on any atom is -0.497 e. The average Bonchev–Trinajstić information content (AvgIpc) is 2.72. The first-order valence-corrected chi connectivity index (χ1v) is 5.56. The van der Waals surface area contributed by atoms with Crippen molar-refractivity contribution >= 4 is 21.9 Å². The Morgan fingerprint density at radius 1 is 1.50 bits per heavy atom. The van der Waals surface area contributed by atoms with Crippen LogP contribution in [0.3, 0.4) is 0 Å². The lowest BCUT2D eigenvalue weighted by Crippen LogP contribution is -2.26. The van der Waals surface area contributed by atoms with Gasteiger partial charge in [-0.2, -0.15) is 0 Å². The van der Waals surface area contributed by atoms with E-state index in [0.29, 0.717) is 12.2 Å². The molecule has 0 aliphatic carbocycles. The van der Waals surface area contributed by atoms with Crippen LogP contribution in [0, 0.1) is 0 Å². The average molecular weight is 287 g/mol. The van der Waals surface area contributed by atoms with E-state index in [4.69, 9.17) is 9.47 Å². The maximum atomic E-state index is 11.4. The smallest absolute Gasteiger partial charge is 0.347 e. The molecule has 0 saturated heterocycles. The topological polar surface area (TPSA) is 44.8 Å². The van der Waals surface area contributed by atoms with Crippen molar-refractivity contribution in [3.63, 3.8) is 0 Å². The van der Waals surface area contributed by atoms with Gasteiger partial charge in [0.25, 0.3) is 0 Å². The Kier molecular flexibility index (Phi) is 3.05. The van der Waals surface area contributed by atoms with Crippen LogP contribution < -0.4 is 9.47 Å². The fourth-order valence-corrected chi connectivity index (χ4v) is 2.24. The molecule has 1 aliphatic heterocycles. The van der Waals surface area contributed by atoms with E-state index < -0.39 is 6.10 Å². The third kappa shape index (κ3) is 1.87. The third-order valence-corrected chi connectivity index (χ3v) is 3.05. The van der Waals surface area contributed by atoms with Gasteiger partial charge in [-0.3, -0.25) is 0 Å². The Morgan fingerprint density at radius 2 is 2.25 bits per heavy atom. The van der Waals surface area contributed by atoms with Crippen molar-refractivity contribution in [3.8, 4) is 11.5 Å². The number of halogens is 1. The van der Waals surface area contributed by atoms with Gasteiger partial charge in [0.15, 0.2) is 6.10 Å². The normalized spacial score (nSPS) is 17.6. The lowest BCUT2D eigenvalue weighted by molar-refractivity contribution is -0.147. The lowest BCUT2D eigenvalue weighted by atomic mass is 10.1. The van der Waals surface area contributed by atoms with E-state index in [1.807, 2.05) is 6.07 Å². The zero-order valence-corrected chi connectivity index (χ0v) is 10.5. The summed E-state index contributed by atoms with van der Waals surface area (Å²) in [5.74, 6) is 1.07. The zero-order valence-electron chi connectivity index (χ0n) is 8.95. The molecule has 0 aromatic heterocycles. The maximum Gasteiger partial charge on any atom is 0.347 e. The van der Waals surface area contributed by atoms with Gasteiger partial charge in [-0.05, 0) is 28.1 Å². The van der Waals surface area contributed by atoms with Crippen LogP contribution in [0.5, 0.6) is 11.5 Å². The molecule has 1 atom stereocenters. The van der Waals surface area contributed by atoms with Crippen molar-refractivity contribution < 1.29 is 19.0 Å². The van der Waals surface area contributed by atoms with Crippen molar-refractivity contribution in [2.45, 2.75) is 12.5 Å². The molecule has 0 fully saturated rings. The van der Waals surface area contributed by atoms with Crippen LogP contribution in [0.2, 0.25) is 0 Å². The summed E-state index contributed by atoms with van der Waals surface area (Å²) in [5, 5.41) is 0. The van der Waals surface area contributed by atoms with E-state index in [0.717, 1.165) is 15.8 Å². The number of ether oxygens (including phenoxy) is 3. The Balaban J connectivity index is 2.30. The molecule has 0 saturated carbocycles. The molecular weight excluding hydrogens is 276 g/mol. The van der Waals surface area contributed by atoms with Crippen molar-refractivity contribution in [2.24, 2.45) is 0 Å². The summed E-state index contributed by atoms with van der Waals surface area (Å²) < 4.78 is 16.1. The Bertz CT molecular complexity index is 430. The number of hydrogen-bond donors (Lipinski definition) is 0. The molecule has 0 bridgehead atoms. The highest BCUT2D eigenvalue weighted by atomic mass is 79.9. The molecular formula is C11H11BrO4. The highest BCUT2D eigenvalue weighted by molar-refractivity contribution is 9.10. The summed E-state index contributed by atoms with van der Waals surface area (Å²) >= 11 is 3.38. The molecule has 5 heteroatoms. The highest BCUT2D eigenvalue weighted by Gasteiger charge is 2.31. The predicted octanol–water partition coefficient (Wildman–Crippen LogP) is 1.93. The number of benzene rings is 1. The number of methoxy groups -OCH3 is 2. The van der Waals surface area contributed by atoms with E-state index in [-0.39, 0.29) is 5.97 Å². The molecule has 0 spiro atoms. The summed E-state index contributed by atoms with van der Waals surface area (Å²) in [6.45, 7) is 0. The first-order chi connectivity index (χ1) is 7.65. The van der Waals surface area contributed by atoms with Crippen LogP contribution in [0.15, 0.2) is 16.6 Å². The maximum absolute atomic E-state index is 11.4. The van der Waals surface area contributed by atoms with Gasteiger partial charge < -0.3 is 14.2 Å². The van der Waals surface area contributed by atoms with Gasteiger partial charge in [0.2, 0.25) is 0 Å². The summed E-state index contributed by atoms with van der Waals surface area (Å²) in [6.07, 6.45) is -0.0407. The molecule has 1 unspecified atom stereocenters. The highest BCUT2D eigenvalue weighted by Crippen LogP contribution is 2.39. The monoisotopic (exact) mass is 286 g/mol. The van der Waals surface area contributed by atoms with Crippen LogP contribution in [-0.4, -0.2) is 26.3 Å². The minimum absolute atomic E-state index is 0.359. The molecule has 86 valence electrons.